The highest BCUT2D eigenvalue weighted by molar-refractivity contribution is 5.54. The Morgan fingerprint density at radius 3 is 2.58 bits per heavy atom. The Hall–Kier alpha value is -1.91. The summed E-state index contributed by atoms with van der Waals surface area (Å²) in [5, 5.41) is 7.64. The van der Waals surface area contributed by atoms with E-state index in [1.54, 1.807) is 0 Å². The van der Waals surface area contributed by atoms with Gasteiger partial charge in [0, 0.05) is 18.0 Å². The predicted octanol–water partition coefficient (Wildman–Crippen LogP) is 3.04. The molecule has 0 spiro atoms. The van der Waals surface area contributed by atoms with Gasteiger partial charge in [0.15, 0.2) is 0 Å². The van der Waals surface area contributed by atoms with E-state index < -0.39 is 0 Å². The number of aryl methyl sites for hydroxylation is 2. The summed E-state index contributed by atoms with van der Waals surface area (Å²) in [6.07, 6.45) is 4.71. The highest BCUT2D eigenvalue weighted by Gasteiger charge is 2.14. The van der Waals surface area contributed by atoms with Crippen LogP contribution in [-0.2, 0) is 12.0 Å². The van der Waals surface area contributed by atoms with Crippen molar-refractivity contribution in [3.05, 3.63) is 30.0 Å². The second-order valence-electron chi connectivity index (χ2n) is 5.61. The molecule has 2 aromatic heterocycles. The molecule has 1 N–H and O–H groups in total. The first-order valence-electron chi connectivity index (χ1n) is 6.55. The fraction of sp³-hybridized carbons (Fsp3) is 0.500. The fourth-order valence-electron chi connectivity index (χ4n) is 1.78. The van der Waals surface area contributed by atoms with E-state index in [-0.39, 0.29) is 5.54 Å². The summed E-state index contributed by atoms with van der Waals surface area (Å²) >= 11 is 0. The molecule has 2 rings (SSSR count). The molecule has 2 heterocycles. The van der Waals surface area contributed by atoms with Gasteiger partial charge in [0.1, 0.15) is 11.6 Å². The Morgan fingerprint density at radius 2 is 2.00 bits per heavy atom. The zero-order chi connectivity index (χ0) is 14.0. The molecular formula is C14H21N5. The molecule has 2 aromatic rings. The zero-order valence-corrected chi connectivity index (χ0v) is 12.2. The van der Waals surface area contributed by atoms with Gasteiger partial charge >= 0.3 is 0 Å². The minimum absolute atomic E-state index is 0.0178. The molecule has 0 aliphatic carbocycles. The average Bonchev–Trinajstić information content (AvgIpc) is 2.76. The highest BCUT2D eigenvalue weighted by atomic mass is 15.3. The third kappa shape index (κ3) is 3.30. The van der Waals surface area contributed by atoms with E-state index >= 15 is 0 Å². The van der Waals surface area contributed by atoms with E-state index in [0.29, 0.717) is 0 Å². The topological polar surface area (TPSA) is 55.6 Å². The number of nitrogens with zero attached hydrogens (tertiary/aromatic N) is 4. The molecule has 19 heavy (non-hydrogen) atoms. The minimum atomic E-state index is -0.0178. The van der Waals surface area contributed by atoms with Gasteiger partial charge in [-0.05, 0) is 34.1 Å². The van der Waals surface area contributed by atoms with Crippen molar-refractivity contribution >= 4 is 11.5 Å². The summed E-state index contributed by atoms with van der Waals surface area (Å²) in [4.78, 5) is 8.76. The number of hydrogen-bond donors (Lipinski definition) is 1. The molecule has 0 bridgehead atoms. The van der Waals surface area contributed by atoms with Gasteiger partial charge < -0.3 is 5.32 Å². The minimum Gasteiger partial charge on any atom is -0.338 e. The van der Waals surface area contributed by atoms with E-state index in [9.17, 15) is 0 Å². The van der Waals surface area contributed by atoms with Crippen LogP contribution in [-0.4, -0.2) is 19.7 Å². The third-order valence-electron chi connectivity index (χ3n) is 2.80. The van der Waals surface area contributed by atoms with Crippen LogP contribution in [0, 0.1) is 6.92 Å². The van der Waals surface area contributed by atoms with E-state index in [1.165, 1.54) is 0 Å². The largest absolute Gasteiger partial charge is 0.338 e. The summed E-state index contributed by atoms with van der Waals surface area (Å²) in [7, 11) is 0. The Bertz CT molecular complexity index is 565. The fourth-order valence-corrected chi connectivity index (χ4v) is 1.78. The zero-order valence-electron chi connectivity index (χ0n) is 12.2. The Morgan fingerprint density at radius 1 is 1.26 bits per heavy atom. The van der Waals surface area contributed by atoms with Crippen LogP contribution >= 0.6 is 0 Å². The molecule has 0 saturated carbocycles. The molecule has 102 valence electrons. The van der Waals surface area contributed by atoms with Crippen molar-refractivity contribution in [1.29, 1.82) is 0 Å². The van der Waals surface area contributed by atoms with Crippen molar-refractivity contribution in [3.8, 4) is 0 Å². The Labute approximate surface area is 114 Å². The number of anilines is 2. The summed E-state index contributed by atoms with van der Waals surface area (Å²) < 4.78 is 1.93. The van der Waals surface area contributed by atoms with Crippen LogP contribution in [0.25, 0.3) is 0 Å². The van der Waals surface area contributed by atoms with Crippen LogP contribution in [0.2, 0.25) is 0 Å². The molecule has 0 aliphatic heterocycles. The van der Waals surface area contributed by atoms with E-state index in [1.807, 2.05) is 30.1 Å². The molecule has 0 unspecified atom stereocenters. The van der Waals surface area contributed by atoms with Crippen molar-refractivity contribution in [1.82, 2.24) is 19.7 Å². The quantitative estimate of drug-likeness (QED) is 0.920. The lowest BCUT2D eigenvalue weighted by Crippen LogP contribution is -2.21. The number of hydrogen-bond acceptors (Lipinski definition) is 4. The van der Waals surface area contributed by atoms with Crippen molar-refractivity contribution in [2.75, 3.05) is 5.32 Å². The second-order valence-corrected chi connectivity index (χ2v) is 5.61. The number of aromatic nitrogens is 4. The lowest BCUT2D eigenvalue weighted by atomic mass is 10.1. The first-order valence-corrected chi connectivity index (χ1v) is 6.55. The van der Waals surface area contributed by atoms with Crippen molar-refractivity contribution in [3.63, 3.8) is 0 Å². The second kappa shape index (κ2) is 4.99. The SMILES string of the molecule is CCc1cc(Nc2cnn(C(C)(C)C)c2)nc(C)n1. The molecule has 0 fully saturated rings. The molecule has 0 saturated heterocycles. The average molecular weight is 259 g/mol. The van der Waals surface area contributed by atoms with Gasteiger partial charge in [0.2, 0.25) is 0 Å². The molecule has 0 atom stereocenters. The summed E-state index contributed by atoms with van der Waals surface area (Å²) in [5.74, 6) is 1.60. The summed E-state index contributed by atoms with van der Waals surface area (Å²) in [5.41, 5.74) is 1.96. The van der Waals surface area contributed by atoms with Crippen LogP contribution in [0.3, 0.4) is 0 Å². The lowest BCUT2D eigenvalue weighted by molar-refractivity contribution is 0.355. The highest BCUT2D eigenvalue weighted by Crippen LogP contribution is 2.19. The van der Waals surface area contributed by atoms with E-state index in [2.05, 4.69) is 48.1 Å². The van der Waals surface area contributed by atoms with Crippen LogP contribution in [0.15, 0.2) is 18.5 Å². The molecule has 0 aliphatic rings. The van der Waals surface area contributed by atoms with E-state index in [4.69, 9.17) is 0 Å². The van der Waals surface area contributed by atoms with E-state index in [0.717, 1.165) is 29.4 Å². The van der Waals surface area contributed by atoms with Crippen molar-refractivity contribution in [2.24, 2.45) is 0 Å². The number of rotatable bonds is 3. The smallest absolute Gasteiger partial charge is 0.134 e. The molecule has 0 aromatic carbocycles. The van der Waals surface area contributed by atoms with Gasteiger partial charge in [-0.15, -0.1) is 0 Å². The van der Waals surface area contributed by atoms with Gasteiger partial charge in [-0.25, -0.2) is 9.97 Å². The van der Waals surface area contributed by atoms with Crippen LogP contribution < -0.4 is 5.32 Å². The maximum absolute atomic E-state index is 4.39. The monoisotopic (exact) mass is 259 g/mol. The maximum atomic E-state index is 4.39. The lowest BCUT2D eigenvalue weighted by Gasteiger charge is -2.18. The van der Waals surface area contributed by atoms with Crippen molar-refractivity contribution in [2.45, 2.75) is 46.6 Å². The first-order chi connectivity index (χ1) is 8.88. The first kappa shape index (κ1) is 13.5. The standard InChI is InChI=1S/C14H21N5/c1-6-11-7-13(17-10(2)16-11)18-12-8-15-19(9-12)14(3,4)5/h7-9H,6H2,1-5H3,(H,16,17,18). The van der Waals surface area contributed by atoms with Crippen LogP contribution in [0.1, 0.15) is 39.2 Å². The third-order valence-corrected chi connectivity index (χ3v) is 2.80. The molecule has 0 radical (unpaired) electrons. The van der Waals surface area contributed by atoms with Gasteiger partial charge in [0.05, 0.1) is 17.4 Å². The van der Waals surface area contributed by atoms with Gasteiger partial charge in [0.25, 0.3) is 0 Å². The normalized spacial score (nSPS) is 11.6. The molecule has 5 heteroatoms. The molecule has 0 amide bonds. The summed E-state index contributed by atoms with van der Waals surface area (Å²) in [6.45, 7) is 10.3. The molecular weight excluding hydrogens is 238 g/mol. The van der Waals surface area contributed by atoms with Crippen molar-refractivity contribution < 1.29 is 0 Å². The van der Waals surface area contributed by atoms with Gasteiger partial charge in [-0.1, -0.05) is 6.92 Å². The molecule has 5 nitrogen and oxygen atoms in total. The summed E-state index contributed by atoms with van der Waals surface area (Å²) in [6, 6.07) is 1.97. The van der Waals surface area contributed by atoms with Crippen LogP contribution in [0.5, 0.6) is 0 Å². The Kier molecular flexibility index (Phi) is 3.55. The van der Waals surface area contributed by atoms with Gasteiger partial charge in [-0.3, -0.25) is 4.68 Å². The van der Waals surface area contributed by atoms with Gasteiger partial charge in [-0.2, -0.15) is 5.10 Å². The Balaban J connectivity index is 2.21. The maximum Gasteiger partial charge on any atom is 0.134 e. The number of nitrogens with one attached hydrogen (secondary N) is 1. The predicted molar refractivity (Wildman–Crippen MR) is 76.7 cm³/mol. The van der Waals surface area contributed by atoms with Crippen LogP contribution in [0.4, 0.5) is 11.5 Å².